The van der Waals surface area contributed by atoms with Crippen molar-refractivity contribution in [2.45, 2.75) is 27.7 Å². The van der Waals surface area contributed by atoms with Gasteiger partial charge < -0.3 is 24.8 Å². The minimum Gasteiger partial charge on any atom is -0.493 e. The van der Waals surface area contributed by atoms with E-state index >= 15 is 0 Å². The van der Waals surface area contributed by atoms with Crippen LogP contribution < -0.4 is 24.8 Å². The van der Waals surface area contributed by atoms with E-state index < -0.39 is 11.3 Å². The van der Waals surface area contributed by atoms with Gasteiger partial charge >= 0.3 is 0 Å². The topological polar surface area (TPSA) is 85.9 Å². The van der Waals surface area contributed by atoms with Crippen molar-refractivity contribution in [1.82, 2.24) is 5.32 Å². The van der Waals surface area contributed by atoms with Crippen LogP contribution in [0.25, 0.3) is 6.08 Å². The number of rotatable bonds is 7. The molecular weight excluding hydrogens is 396 g/mol. The van der Waals surface area contributed by atoms with Gasteiger partial charge in [0.15, 0.2) is 11.5 Å². The van der Waals surface area contributed by atoms with Crippen LogP contribution in [-0.2, 0) is 9.59 Å². The molecule has 2 N–H and O–H groups in total. The summed E-state index contributed by atoms with van der Waals surface area (Å²) in [6.07, 6.45) is 1.57. The first kappa shape index (κ1) is 23.8. The van der Waals surface area contributed by atoms with Gasteiger partial charge in [0.05, 0.1) is 21.3 Å². The van der Waals surface area contributed by atoms with Crippen LogP contribution in [0.5, 0.6) is 17.2 Å². The molecule has 2 aromatic carbocycles. The van der Waals surface area contributed by atoms with E-state index in [2.05, 4.69) is 10.6 Å². The fraction of sp³-hybridized carbons (Fsp3) is 0.333. The van der Waals surface area contributed by atoms with Crippen LogP contribution in [-0.4, -0.2) is 33.1 Å². The van der Waals surface area contributed by atoms with E-state index in [1.54, 1.807) is 45.0 Å². The second-order valence-electron chi connectivity index (χ2n) is 7.99. The summed E-state index contributed by atoms with van der Waals surface area (Å²) in [5.41, 5.74) is 1.58. The maximum Gasteiger partial charge on any atom is 0.272 e. The van der Waals surface area contributed by atoms with Crippen molar-refractivity contribution in [3.8, 4) is 17.2 Å². The lowest BCUT2D eigenvalue weighted by molar-refractivity contribution is -0.128. The van der Waals surface area contributed by atoms with Gasteiger partial charge in [-0.15, -0.1) is 0 Å². The van der Waals surface area contributed by atoms with Crippen LogP contribution in [0, 0.1) is 12.3 Å². The highest BCUT2D eigenvalue weighted by Gasteiger charge is 2.24. The zero-order valence-electron chi connectivity index (χ0n) is 19.1. The lowest BCUT2D eigenvalue weighted by Crippen LogP contribution is -2.38. The van der Waals surface area contributed by atoms with Crippen LogP contribution in [0.2, 0.25) is 0 Å². The lowest BCUT2D eigenvalue weighted by Gasteiger charge is -2.20. The number of para-hydroxylation sites is 1. The van der Waals surface area contributed by atoms with Crippen LogP contribution in [0.4, 0.5) is 5.69 Å². The second-order valence-corrected chi connectivity index (χ2v) is 7.99. The minimum atomic E-state index is -0.683. The first-order valence-corrected chi connectivity index (χ1v) is 9.80. The monoisotopic (exact) mass is 426 g/mol. The third-order valence-corrected chi connectivity index (χ3v) is 4.57. The van der Waals surface area contributed by atoms with Gasteiger partial charge in [0.25, 0.3) is 5.91 Å². The Morgan fingerprint density at radius 2 is 1.52 bits per heavy atom. The van der Waals surface area contributed by atoms with Gasteiger partial charge in [0.1, 0.15) is 5.70 Å². The van der Waals surface area contributed by atoms with Gasteiger partial charge in [-0.25, -0.2) is 0 Å². The summed E-state index contributed by atoms with van der Waals surface area (Å²) in [5.74, 6) is 0.585. The van der Waals surface area contributed by atoms with Crippen molar-refractivity contribution in [3.05, 3.63) is 53.2 Å². The van der Waals surface area contributed by atoms with Gasteiger partial charge in [0.2, 0.25) is 11.7 Å². The molecule has 31 heavy (non-hydrogen) atoms. The maximum absolute atomic E-state index is 13.1. The van der Waals surface area contributed by atoms with E-state index in [4.69, 9.17) is 14.2 Å². The number of carbonyl (C=O) groups excluding carboxylic acids is 2. The first-order valence-electron chi connectivity index (χ1n) is 9.80. The number of hydrogen-bond acceptors (Lipinski definition) is 5. The van der Waals surface area contributed by atoms with Crippen LogP contribution in [0.3, 0.4) is 0 Å². The lowest BCUT2D eigenvalue weighted by atomic mass is 9.95. The molecule has 2 aromatic rings. The molecule has 0 aliphatic heterocycles. The van der Waals surface area contributed by atoms with Crippen molar-refractivity contribution >= 4 is 23.6 Å². The van der Waals surface area contributed by atoms with Crippen LogP contribution in [0.15, 0.2) is 42.1 Å². The normalized spacial score (nSPS) is 11.5. The summed E-state index contributed by atoms with van der Waals surface area (Å²) in [6.45, 7) is 7.22. The van der Waals surface area contributed by atoms with Crippen molar-refractivity contribution in [3.63, 3.8) is 0 Å². The third kappa shape index (κ3) is 6.01. The standard InChI is InChI=1S/C24H30N2O5/c1-15-10-8-9-11-17(15)25-22(27)18(26-23(28)24(2,3)4)12-16-13-19(29-5)21(31-7)20(14-16)30-6/h8-14H,1-7H3,(H,25,27)(H,26,28)/b18-12+. The zero-order valence-corrected chi connectivity index (χ0v) is 19.1. The van der Waals surface area contributed by atoms with Gasteiger partial charge in [-0.1, -0.05) is 39.0 Å². The molecule has 0 fully saturated rings. The molecular formula is C24H30N2O5. The van der Waals surface area contributed by atoms with Crippen LogP contribution in [0.1, 0.15) is 31.9 Å². The summed E-state index contributed by atoms with van der Waals surface area (Å²) in [4.78, 5) is 25.7. The molecule has 0 saturated carbocycles. The quantitative estimate of drug-likeness (QED) is 0.649. The Labute approximate surface area is 183 Å². The molecule has 7 heteroatoms. The third-order valence-electron chi connectivity index (χ3n) is 4.57. The highest BCUT2D eigenvalue weighted by molar-refractivity contribution is 6.09. The van der Waals surface area contributed by atoms with Crippen molar-refractivity contribution in [2.75, 3.05) is 26.6 Å². The van der Waals surface area contributed by atoms with Gasteiger partial charge in [-0.3, -0.25) is 9.59 Å². The number of ether oxygens (including phenoxy) is 3. The number of aryl methyl sites for hydroxylation is 1. The number of methoxy groups -OCH3 is 3. The molecule has 0 heterocycles. The van der Waals surface area contributed by atoms with Gasteiger partial charge in [-0.05, 0) is 42.3 Å². The summed E-state index contributed by atoms with van der Waals surface area (Å²) < 4.78 is 16.1. The van der Waals surface area contributed by atoms with E-state index in [0.717, 1.165) is 5.56 Å². The molecule has 0 unspecified atom stereocenters. The Morgan fingerprint density at radius 1 is 0.935 bits per heavy atom. The molecule has 0 saturated heterocycles. The van der Waals surface area contributed by atoms with E-state index in [1.807, 2.05) is 25.1 Å². The number of hydrogen-bond donors (Lipinski definition) is 2. The molecule has 2 rings (SSSR count). The van der Waals surface area contributed by atoms with E-state index in [0.29, 0.717) is 28.5 Å². The Kier molecular flexibility index (Phi) is 7.69. The Balaban J connectivity index is 2.51. The average Bonchev–Trinajstić information content (AvgIpc) is 2.73. The van der Waals surface area contributed by atoms with Crippen molar-refractivity contribution in [1.29, 1.82) is 0 Å². The van der Waals surface area contributed by atoms with Gasteiger partial charge in [-0.2, -0.15) is 0 Å². The molecule has 0 atom stereocenters. The highest BCUT2D eigenvalue weighted by Crippen LogP contribution is 2.38. The Morgan fingerprint density at radius 3 is 2.00 bits per heavy atom. The SMILES string of the molecule is COc1cc(/C=C(/NC(=O)C(C)(C)C)C(=O)Nc2ccccc2C)cc(OC)c1OC. The molecule has 7 nitrogen and oxygen atoms in total. The minimum absolute atomic E-state index is 0.0949. The van der Waals surface area contributed by atoms with Gasteiger partial charge in [0, 0.05) is 11.1 Å². The number of amides is 2. The molecule has 0 bridgehead atoms. The average molecular weight is 427 g/mol. The summed E-state index contributed by atoms with van der Waals surface area (Å²) in [5, 5.41) is 5.60. The first-order chi connectivity index (χ1) is 14.6. The smallest absolute Gasteiger partial charge is 0.272 e. The zero-order chi connectivity index (χ0) is 23.2. The second kappa shape index (κ2) is 10.0. The van der Waals surface area contributed by atoms with E-state index in [-0.39, 0.29) is 11.6 Å². The van der Waals surface area contributed by atoms with E-state index in [1.165, 1.54) is 21.3 Å². The highest BCUT2D eigenvalue weighted by atomic mass is 16.5. The van der Waals surface area contributed by atoms with E-state index in [9.17, 15) is 9.59 Å². The predicted molar refractivity (Wildman–Crippen MR) is 121 cm³/mol. The molecule has 0 aliphatic rings. The molecule has 0 radical (unpaired) electrons. The molecule has 166 valence electrons. The van der Waals surface area contributed by atoms with Crippen molar-refractivity contribution in [2.24, 2.45) is 5.41 Å². The molecule has 2 amide bonds. The molecule has 0 aromatic heterocycles. The summed E-state index contributed by atoms with van der Waals surface area (Å²) >= 11 is 0. The largest absolute Gasteiger partial charge is 0.493 e. The van der Waals surface area contributed by atoms with Crippen LogP contribution >= 0.6 is 0 Å². The number of nitrogens with one attached hydrogen (secondary N) is 2. The Bertz CT molecular complexity index is 965. The number of benzene rings is 2. The number of anilines is 1. The molecule has 0 aliphatic carbocycles. The summed E-state index contributed by atoms with van der Waals surface area (Å²) in [7, 11) is 4.54. The maximum atomic E-state index is 13.1. The Hall–Kier alpha value is -3.48. The fourth-order valence-corrected chi connectivity index (χ4v) is 2.72. The fourth-order valence-electron chi connectivity index (χ4n) is 2.72. The predicted octanol–water partition coefficient (Wildman–Crippen LogP) is 4.16. The number of carbonyl (C=O) groups is 2. The van der Waals surface area contributed by atoms with Crippen molar-refractivity contribution < 1.29 is 23.8 Å². The molecule has 0 spiro atoms. The summed E-state index contributed by atoms with van der Waals surface area (Å²) in [6, 6.07) is 10.8.